The van der Waals surface area contributed by atoms with Gasteiger partial charge in [0.1, 0.15) is 0 Å². The maximum atomic E-state index is 13.4. The van der Waals surface area contributed by atoms with E-state index in [2.05, 4.69) is 4.74 Å². The first-order valence-corrected chi connectivity index (χ1v) is 6.65. The van der Waals surface area contributed by atoms with E-state index >= 15 is 0 Å². The first kappa shape index (κ1) is 13.7. The molecule has 0 aliphatic carbocycles. The summed E-state index contributed by atoms with van der Waals surface area (Å²) in [6.45, 7) is 0. The van der Waals surface area contributed by atoms with Crippen molar-refractivity contribution in [1.82, 2.24) is 0 Å². The van der Waals surface area contributed by atoms with Gasteiger partial charge in [-0.3, -0.25) is 10.1 Å². The largest absolute Gasteiger partial charge is 0.493 e. The molecule has 0 fully saturated rings. The van der Waals surface area contributed by atoms with E-state index in [1.54, 1.807) is 0 Å². The number of nitrogens with zero attached hydrogens (tertiary/aromatic N) is 1. The van der Waals surface area contributed by atoms with Crippen molar-refractivity contribution in [2.75, 3.05) is 7.11 Å². The third-order valence-electron chi connectivity index (χ3n) is 1.85. The number of hydrogen-bond donors (Lipinski definition) is 0. The van der Waals surface area contributed by atoms with Crippen LogP contribution in [0.3, 0.4) is 0 Å². The van der Waals surface area contributed by atoms with E-state index < -0.39 is 31.2 Å². The number of benzene rings is 1. The van der Waals surface area contributed by atoms with Crippen LogP contribution in [0.5, 0.6) is 5.75 Å². The molecule has 94 valence electrons. The predicted molar refractivity (Wildman–Crippen MR) is 58.1 cm³/mol. The van der Waals surface area contributed by atoms with Crippen molar-refractivity contribution in [2.45, 2.75) is 5.75 Å². The van der Waals surface area contributed by atoms with E-state index in [0.29, 0.717) is 6.07 Å². The quantitative estimate of drug-likeness (QED) is 0.478. The van der Waals surface area contributed by atoms with Gasteiger partial charge >= 0.3 is 0 Å². The fourth-order valence-corrected chi connectivity index (χ4v) is 2.20. The molecule has 6 nitrogen and oxygen atoms in total. The number of rotatable bonds is 4. The van der Waals surface area contributed by atoms with Gasteiger partial charge in [-0.25, -0.2) is 12.8 Å². The molecule has 0 saturated carbocycles. The summed E-state index contributed by atoms with van der Waals surface area (Å²) in [6, 6.07) is 1.55. The molecule has 0 unspecified atom stereocenters. The van der Waals surface area contributed by atoms with E-state index in [4.69, 9.17) is 10.7 Å². The van der Waals surface area contributed by atoms with Gasteiger partial charge in [0.25, 0.3) is 5.69 Å². The van der Waals surface area contributed by atoms with Gasteiger partial charge in [0.05, 0.1) is 23.9 Å². The predicted octanol–water partition coefficient (Wildman–Crippen LogP) is 1.81. The van der Waals surface area contributed by atoms with Gasteiger partial charge in [-0.2, -0.15) is 0 Å². The maximum absolute atomic E-state index is 13.4. The molecule has 0 spiro atoms. The first-order valence-electron chi connectivity index (χ1n) is 4.17. The van der Waals surface area contributed by atoms with Crippen LogP contribution < -0.4 is 4.74 Å². The van der Waals surface area contributed by atoms with Crippen LogP contribution in [0.25, 0.3) is 0 Å². The highest BCUT2D eigenvalue weighted by molar-refractivity contribution is 8.13. The lowest BCUT2D eigenvalue weighted by molar-refractivity contribution is -0.385. The minimum Gasteiger partial charge on any atom is -0.493 e. The maximum Gasteiger partial charge on any atom is 0.272 e. The Morgan fingerprint density at radius 2 is 2.12 bits per heavy atom. The Morgan fingerprint density at radius 3 is 2.53 bits per heavy atom. The summed E-state index contributed by atoms with van der Waals surface area (Å²) >= 11 is 0. The van der Waals surface area contributed by atoms with Crippen molar-refractivity contribution in [2.24, 2.45) is 0 Å². The van der Waals surface area contributed by atoms with Gasteiger partial charge < -0.3 is 4.74 Å². The van der Waals surface area contributed by atoms with Crippen LogP contribution in [0.2, 0.25) is 0 Å². The van der Waals surface area contributed by atoms with Crippen molar-refractivity contribution in [3.8, 4) is 5.75 Å². The zero-order valence-electron chi connectivity index (χ0n) is 8.51. The Bertz CT molecular complexity index is 559. The fourth-order valence-electron chi connectivity index (χ4n) is 1.26. The molecule has 0 heterocycles. The molecule has 0 saturated heterocycles. The van der Waals surface area contributed by atoms with Crippen LogP contribution in [-0.2, 0) is 14.8 Å². The van der Waals surface area contributed by atoms with Crippen LogP contribution in [0.15, 0.2) is 12.1 Å². The van der Waals surface area contributed by atoms with Gasteiger partial charge in [-0.05, 0) is 0 Å². The normalized spacial score (nSPS) is 11.2. The number of ether oxygens (including phenoxy) is 1. The summed E-state index contributed by atoms with van der Waals surface area (Å²) in [6.07, 6.45) is 0. The fraction of sp³-hybridized carbons (Fsp3) is 0.250. The Hall–Kier alpha value is -1.41. The average Bonchev–Trinajstić information content (AvgIpc) is 2.14. The Labute approximate surface area is 101 Å². The van der Waals surface area contributed by atoms with Crippen molar-refractivity contribution >= 4 is 25.4 Å². The number of halogens is 2. The van der Waals surface area contributed by atoms with Crippen molar-refractivity contribution in [1.29, 1.82) is 0 Å². The van der Waals surface area contributed by atoms with Crippen molar-refractivity contribution in [3.05, 3.63) is 33.6 Å². The second-order valence-corrected chi connectivity index (χ2v) is 5.84. The highest BCUT2D eigenvalue weighted by atomic mass is 35.7. The molecule has 0 aromatic heterocycles. The van der Waals surface area contributed by atoms with Gasteiger partial charge in [0.15, 0.2) is 11.6 Å². The topological polar surface area (TPSA) is 86.5 Å². The highest BCUT2D eigenvalue weighted by Gasteiger charge is 2.20. The molecule has 1 aromatic rings. The minimum atomic E-state index is -3.97. The molecule has 0 aliphatic rings. The smallest absolute Gasteiger partial charge is 0.272 e. The number of hydrogen-bond acceptors (Lipinski definition) is 5. The third-order valence-corrected chi connectivity index (χ3v) is 2.83. The summed E-state index contributed by atoms with van der Waals surface area (Å²) in [5, 5.41) is 10.5. The molecular weight excluding hydrogens is 277 g/mol. The summed E-state index contributed by atoms with van der Waals surface area (Å²) < 4.78 is 39.8. The molecule has 0 atom stereocenters. The van der Waals surface area contributed by atoms with E-state index in [1.165, 1.54) is 0 Å². The van der Waals surface area contributed by atoms with Gasteiger partial charge in [0, 0.05) is 22.3 Å². The summed E-state index contributed by atoms with van der Waals surface area (Å²) in [5.74, 6) is -2.15. The van der Waals surface area contributed by atoms with E-state index in [0.717, 1.165) is 13.2 Å². The SMILES string of the molecule is COc1c(F)cc([N+](=O)[O-])cc1CS(=O)(=O)Cl. The molecule has 0 aliphatic heterocycles. The standard InChI is InChI=1S/C8H7ClFNO5S/c1-16-8-5(4-17(9,14)15)2-6(11(12)13)3-7(8)10/h2-3H,4H2,1H3. The molecular formula is C8H7ClFNO5S. The lowest BCUT2D eigenvalue weighted by Gasteiger charge is -2.07. The number of methoxy groups -OCH3 is 1. The number of nitro groups is 1. The number of nitro benzene ring substituents is 1. The molecule has 9 heteroatoms. The van der Waals surface area contributed by atoms with Crippen molar-refractivity contribution in [3.63, 3.8) is 0 Å². The van der Waals surface area contributed by atoms with E-state index in [1.807, 2.05) is 0 Å². The molecule has 17 heavy (non-hydrogen) atoms. The number of non-ortho nitro benzene ring substituents is 1. The minimum absolute atomic E-state index is 0.200. The van der Waals surface area contributed by atoms with Crippen molar-refractivity contribution < 1.29 is 22.5 Å². The zero-order chi connectivity index (χ0) is 13.2. The van der Waals surface area contributed by atoms with E-state index in [-0.39, 0.29) is 11.3 Å². The van der Waals surface area contributed by atoms with Gasteiger partial charge in [0.2, 0.25) is 9.05 Å². The first-order chi connectivity index (χ1) is 7.74. The second kappa shape index (κ2) is 4.84. The van der Waals surface area contributed by atoms with Gasteiger partial charge in [-0.1, -0.05) is 0 Å². The van der Waals surface area contributed by atoms with Crippen LogP contribution in [0.4, 0.5) is 10.1 Å². The molecule has 0 bridgehead atoms. The van der Waals surface area contributed by atoms with Crippen LogP contribution in [0.1, 0.15) is 5.56 Å². The molecule has 1 aromatic carbocycles. The Kier molecular flexibility index (Phi) is 3.89. The van der Waals surface area contributed by atoms with Gasteiger partial charge in [-0.15, -0.1) is 0 Å². The van der Waals surface area contributed by atoms with Crippen LogP contribution in [0, 0.1) is 15.9 Å². The van der Waals surface area contributed by atoms with Crippen LogP contribution >= 0.6 is 10.7 Å². The molecule has 0 radical (unpaired) electrons. The lowest BCUT2D eigenvalue weighted by atomic mass is 10.2. The monoisotopic (exact) mass is 283 g/mol. The third kappa shape index (κ3) is 3.53. The Balaban J connectivity index is 3.39. The van der Waals surface area contributed by atoms with Crippen LogP contribution in [-0.4, -0.2) is 20.5 Å². The summed E-state index contributed by atoms with van der Waals surface area (Å²) in [5.41, 5.74) is -0.771. The lowest BCUT2D eigenvalue weighted by Crippen LogP contribution is -2.02. The molecule has 0 amide bonds. The zero-order valence-corrected chi connectivity index (χ0v) is 10.1. The van der Waals surface area contributed by atoms with E-state index in [9.17, 15) is 22.9 Å². The average molecular weight is 284 g/mol. The molecule has 0 N–H and O–H groups in total. The highest BCUT2D eigenvalue weighted by Crippen LogP contribution is 2.30. The summed E-state index contributed by atoms with van der Waals surface area (Å²) in [4.78, 5) is 9.65. The Morgan fingerprint density at radius 1 is 1.53 bits per heavy atom. The second-order valence-electron chi connectivity index (χ2n) is 3.06. The summed E-state index contributed by atoms with van der Waals surface area (Å²) in [7, 11) is 2.16. The molecule has 1 rings (SSSR count).